The lowest BCUT2D eigenvalue weighted by Crippen LogP contribution is -2.33. The van der Waals surface area contributed by atoms with Crippen molar-refractivity contribution in [3.05, 3.63) is 52.9 Å². The maximum absolute atomic E-state index is 12.6. The van der Waals surface area contributed by atoms with Gasteiger partial charge in [0, 0.05) is 25.4 Å². The largest absolute Gasteiger partial charge is 0.481 e. The number of aromatic nitrogens is 3. The standard InChI is InChI=1S/C29H37ClN6O5S/c1-3-42(39,40)35-27-25(30)22(16-23(32-27)36(14-8-12-24(37)38)17-20-15-18(20)2)28-33-34-29(41-28)26-21(11-7-13-31-26)19-9-5-4-6-10-19/h4-6,9-10,16,18,20-21,26,31H,3,7-8,11-15,17H2,1-2H3,(H,32,35)(H,37,38)/t18-,20+,21-,26-/m0/s1. The van der Waals surface area contributed by atoms with E-state index >= 15 is 0 Å². The molecule has 0 spiro atoms. The number of pyridine rings is 1. The van der Waals surface area contributed by atoms with Crippen molar-refractivity contribution in [1.82, 2.24) is 20.5 Å². The number of carbonyl (C=O) groups is 1. The zero-order chi connectivity index (χ0) is 29.9. The second-order valence-corrected chi connectivity index (χ2v) is 13.5. The number of sulfonamides is 1. The van der Waals surface area contributed by atoms with Crippen LogP contribution in [-0.2, 0) is 14.8 Å². The summed E-state index contributed by atoms with van der Waals surface area (Å²) in [5.74, 6) is 1.11. The third kappa shape index (κ3) is 7.22. The van der Waals surface area contributed by atoms with Crippen molar-refractivity contribution in [2.24, 2.45) is 11.8 Å². The molecule has 11 nitrogen and oxygen atoms in total. The van der Waals surface area contributed by atoms with Gasteiger partial charge in [-0.15, -0.1) is 10.2 Å². The number of nitrogens with one attached hydrogen (secondary N) is 2. The predicted molar refractivity (Wildman–Crippen MR) is 161 cm³/mol. The predicted octanol–water partition coefficient (Wildman–Crippen LogP) is 5.08. The monoisotopic (exact) mass is 616 g/mol. The van der Waals surface area contributed by atoms with Gasteiger partial charge < -0.3 is 19.7 Å². The first-order valence-electron chi connectivity index (χ1n) is 14.4. The molecule has 0 bridgehead atoms. The molecular formula is C29H37ClN6O5S. The normalized spacial score (nSPS) is 22.1. The van der Waals surface area contributed by atoms with Crippen LogP contribution in [0.5, 0.6) is 0 Å². The lowest BCUT2D eigenvalue weighted by Gasteiger charge is -2.30. The van der Waals surface area contributed by atoms with E-state index in [-0.39, 0.29) is 40.9 Å². The fraction of sp³-hybridized carbons (Fsp3) is 0.517. The Balaban J connectivity index is 1.52. The van der Waals surface area contributed by atoms with Gasteiger partial charge in [-0.1, -0.05) is 48.9 Å². The maximum atomic E-state index is 12.6. The van der Waals surface area contributed by atoms with E-state index in [1.807, 2.05) is 23.1 Å². The van der Waals surface area contributed by atoms with Crippen molar-refractivity contribution in [2.75, 3.05) is 35.0 Å². The molecule has 13 heteroatoms. The SMILES string of the molecule is CCS(=O)(=O)Nc1nc(N(CCCC(=O)O)C[C@H]2C[C@@H]2C)cc(-c2nnc([C@H]3NCCC[C@H]3c3ccccc3)o2)c1Cl. The highest BCUT2D eigenvalue weighted by Gasteiger charge is 2.35. The van der Waals surface area contributed by atoms with Gasteiger partial charge in [0.15, 0.2) is 5.82 Å². The lowest BCUT2D eigenvalue weighted by atomic mass is 9.85. The number of anilines is 2. The maximum Gasteiger partial charge on any atom is 0.303 e. The van der Waals surface area contributed by atoms with Crippen molar-refractivity contribution in [1.29, 1.82) is 0 Å². The van der Waals surface area contributed by atoms with Gasteiger partial charge in [-0.3, -0.25) is 9.52 Å². The Bertz CT molecular complexity index is 1500. The van der Waals surface area contributed by atoms with Gasteiger partial charge in [-0.05, 0) is 62.6 Å². The van der Waals surface area contributed by atoms with Gasteiger partial charge in [-0.2, -0.15) is 0 Å². The molecule has 3 heterocycles. The molecule has 1 aromatic carbocycles. The topological polar surface area (TPSA) is 151 Å². The summed E-state index contributed by atoms with van der Waals surface area (Å²) in [5.41, 5.74) is 1.54. The van der Waals surface area contributed by atoms with Crippen LogP contribution in [-0.4, -0.2) is 60.1 Å². The van der Waals surface area contributed by atoms with Crippen molar-refractivity contribution >= 4 is 39.2 Å². The number of carboxylic acid groups (broad SMARTS) is 1. The molecule has 5 rings (SSSR count). The summed E-state index contributed by atoms with van der Waals surface area (Å²) in [7, 11) is -3.70. The van der Waals surface area contributed by atoms with E-state index in [0.29, 0.717) is 48.6 Å². The highest BCUT2D eigenvalue weighted by molar-refractivity contribution is 7.92. The molecule has 0 radical (unpaired) electrons. The van der Waals surface area contributed by atoms with Crippen LogP contribution in [0.4, 0.5) is 11.6 Å². The highest BCUT2D eigenvalue weighted by atomic mass is 35.5. The number of benzene rings is 1. The Morgan fingerprint density at radius 1 is 1.26 bits per heavy atom. The summed E-state index contributed by atoms with van der Waals surface area (Å²) >= 11 is 6.76. The van der Waals surface area contributed by atoms with E-state index in [9.17, 15) is 18.3 Å². The van der Waals surface area contributed by atoms with Crippen LogP contribution in [0.25, 0.3) is 11.5 Å². The quantitative estimate of drug-likeness (QED) is 0.237. The third-order valence-electron chi connectivity index (χ3n) is 8.07. The molecule has 42 heavy (non-hydrogen) atoms. The summed E-state index contributed by atoms with van der Waals surface area (Å²) in [4.78, 5) is 17.8. The molecular weight excluding hydrogens is 580 g/mol. The molecule has 2 aromatic heterocycles. The van der Waals surface area contributed by atoms with Crippen molar-refractivity contribution < 1.29 is 22.7 Å². The highest BCUT2D eigenvalue weighted by Crippen LogP contribution is 2.42. The Labute approximate surface area is 251 Å². The van der Waals surface area contributed by atoms with Gasteiger partial charge in [-0.25, -0.2) is 13.4 Å². The van der Waals surface area contributed by atoms with E-state index in [1.165, 1.54) is 12.5 Å². The molecule has 1 saturated heterocycles. The first-order valence-corrected chi connectivity index (χ1v) is 16.5. The molecule has 2 fully saturated rings. The Morgan fingerprint density at radius 3 is 2.71 bits per heavy atom. The fourth-order valence-electron chi connectivity index (χ4n) is 5.45. The summed E-state index contributed by atoms with van der Waals surface area (Å²) in [6.45, 7) is 5.61. The number of carboxylic acids is 1. The smallest absolute Gasteiger partial charge is 0.303 e. The molecule has 3 N–H and O–H groups in total. The summed E-state index contributed by atoms with van der Waals surface area (Å²) in [5, 5.41) is 21.5. The van der Waals surface area contributed by atoms with Crippen LogP contribution in [0, 0.1) is 11.8 Å². The first kappa shape index (κ1) is 30.2. The van der Waals surface area contributed by atoms with Gasteiger partial charge in [0.05, 0.1) is 22.4 Å². The minimum atomic E-state index is -3.70. The van der Waals surface area contributed by atoms with E-state index in [0.717, 1.165) is 25.8 Å². The van der Waals surface area contributed by atoms with Gasteiger partial charge in [0.25, 0.3) is 0 Å². The van der Waals surface area contributed by atoms with Crippen molar-refractivity contribution in [2.45, 2.75) is 57.9 Å². The van der Waals surface area contributed by atoms with Gasteiger partial charge >= 0.3 is 5.97 Å². The second kappa shape index (κ2) is 13.0. The Morgan fingerprint density at radius 2 is 2.02 bits per heavy atom. The zero-order valence-corrected chi connectivity index (χ0v) is 25.4. The Hall–Kier alpha value is -3.22. The van der Waals surface area contributed by atoms with E-state index < -0.39 is 16.0 Å². The summed E-state index contributed by atoms with van der Waals surface area (Å²) in [6.07, 6.45) is 3.47. The number of hydrogen-bond acceptors (Lipinski definition) is 9. The van der Waals surface area contributed by atoms with Gasteiger partial charge in [0.1, 0.15) is 5.82 Å². The van der Waals surface area contributed by atoms with E-state index in [2.05, 4.69) is 44.3 Å². The number of aliphatic carboxylic acids is 1. The molecule has 1 saturated carbocycles. The number of hydrogen-bond donors (Lipinski definition) is 3. The number of halogens is 1. The average Bonchev–Trinajstić information content (AvgIpc) is 3.46. The van der Waals surface area contributed by atoms with Crippen LogP contribution in [0.2, 0.25) is 5.02 Å². The molecule has 226 valence electrons. The van der Waals surface area contributed by atoms with Crippen LogP contribution in [0.15, 0.2) is 40.8 Å². The third-order valence-corrected chi connectivity index (χ3v) is 9.72. The number of rotatable bonds is 13. The van der Waals surface area contributed by atoms with Crippen molar-refractivity contribution in [3.63, 3.8) is 0 Å². The Kier molecular flexibility index (Phi) is 9.34. The van der Waals surface area contributed by atoms with Gasteiger partial charge in [0.2, 0.25) is 21.8 Å². The second-order valence-electron chi connectivity index (χ2n) is 11.1. The van der Waals surface area contributed by atoms with Crippen LogP contribution in [0.3, 0.4) is 0 Å². The number of nitrogens with zero attached hydrogens (tertiary/aromatic N) is 4. The van der Waals surface area contributed by atoms with Crippen molar-refractivity contribution in [3.8, 4) is 11.5 Å². The molecule has 0 amide bonds. The summed E-state index contributed by atoms with van der Waals surface area (Å²) < 4.78 is 33.9. The molecule has 2 aliphatic rings. The minimum absolute atomic E-state index is 0.0104. The zero-order valence-electron chi connectivity index (χ0n) is 23.8. The fourth-order valence-corrected chi connectivity index (χ4v) is 6.32. The molecule has 0 unspecified atom stereocenters. The van der Waals surface area contributed by atoms with Crippen LogP contribution in [0.1, 0.15) is 69.4 Å². The average molecular weight is 617 g/mol. The van der Waals surface area contributed by atoms with Crippen LogP contribution < -0.4 is 14.9 Å². The number of piperidine rings is 1. The van der Waals surface area contributed by atoms with E-state index in [4.69, 9.17) is 16.0 Å². The summed E-state index contributed by atoms with van der Waals surface area (Å²) in [6, 6.07) is 11.7. The van der Waals surface area contributed by atoms with E-state index in [1.54, 1.807) is 6.07 Å². The molecule has 1 aliphatic carbocycles. The minimum Gasteiger partial charge on any atom is -0.481 e. The molecule has 1 aliphatic heterocycles. The molecule has 4 atom stereocenters. The first-order chi connectivity index (χ1) is 20.1. The lowest BCUT2D eigenvalue weighted by molar-refractivity contribution is -0.137. The van der Waals surface area contributed by atoms with Crippen LogP contribution >= 0.6 is 11.6 Å². The molecule has 3 aromatic rings.